The van der Waals surface area contributed by atoms with E-state index in [0.29, 0.717) is 24.8 Å². The van der Waals surface area contributed by atoms with Crippen molar-refractivity contribution >= 4 is 26.0 Å². The van der Waals surface area contributed by atoms with Crippen LogP contribution >= 0.6 is 15.9 Å². The van der Waals surface area contributed by atoms with Crippen molar-refractivity contribution < 1.29 is 12.8 Å². The molecule has 0 aliphatic heterocycles. The van der Waals surface area contributed by atoms with Crippen LogP contribution in [-0.4, -0.2) is 21.5 Å². The summed E-state index contributed by atoms with van der Waals surface area (Å²) in [5.41, 5.74) is 0. The Morgan fingerprint density at radius 3 is 2.84 bits per heavy atom. The number of furan rings is 1. The third kappa shape index (κ3) is 4.30. The fourth-order valence-corrected chi connectivity index (χ4v) is 3.80. The van der Waals surface area contributed by atoms with E-state index in [2.05, 4.69) is 32.9 Å². The molecule has 1 aromatic rings. The lowest BCUT2D eigenvalue weighted by Gasteiger charge is -2.03. The van der Waals surface area contributed by atoms with E-state index in [1.54, 1.807) is 6.07 Å². The number of nitrogens with one attached hydrogen (secondary N) is 2. The van der Waals surface area contributed by atoms with Gasteiger partial charge in [-0.2, -0.15) is 0 Å². The minimum atomic E-state index is -3.47. The summed E-state index contributed by atoms with van der Waals surface area (Å²) in [4.78, 5) is 0.182. The molecule has 7 heteroatoms. The average molecular weight is 351 g/mol. The van der Waals surface area contributed by atoms with Gasteiger partial charge in [0.25, 0.3) is 0 Å². The van der Waals surface area contributed by atoms with Crippen LogP contribution in [0.25, 0.3) is 0 Å². The molecule has 0 radical (unpaired) electrons. The molecule has 0 amide bonds. The SMILES string of the molecule is CCCNCc1cc(S(=O)(=O)NCC2CC2)c(Br)o1. The molecule has 1 aromatic heterocycles. The van der Waals surface area contributed by atoms with E-state index < -0.39 is 10.0 Å². The largest absolute Gasteiger partial charge is 0.452 e. The highest BCUT2D eigenvalue weighted by molar-refractivity contribution is 9.10. The predicted octanol–water partition coefficient (Wildman–Crippen LogP) is 2.23. The van der Waals surface area contributed by atoms with Crippen molar-refractivity contribution in [2.24, 2.45) is 5.92 Å². The van der Waals surface area contributed by atoms with E-state index in [1.807, 2.05) is 0 Å². The quantitative estimate of drug-likeness (QED) is 0.705. The molecular weight excluding hydrogens is 332 g/mol. The van der Waals surface area contributed by atoms with Gasteiger partial charge in [-0.1, -0.05) is 6.92 Å². The van der Waals surface area contributed by atoms with E-state index in [9.17, 15) is 8.42 Å². The first-order valence-corrected chi connectivity index (χ1v) is 8.79. The van der Waals surface area contributed by atoms with Gasteiger partial charge in [0.1, 0.15) is 10.7 Å². The first kappa shape index (κ1) is 15.0. The highest BCUT2D eigenvalue weighted by atomic mass is 79.9. The summed E-state index contributed by atoms with van der Waals surface area (Å²) in [6, 6.07) is 1.57. The molecule has 19 heavy (non-hydrogen) atoms. The number of rotatable bonds is 8. The minimum absolute atomic E-state index is 0.182. The summed E-state index contributed by atoms with van der Waals surface area (Å²) >= 11 is 3.17. The standard InChI is InChI=1S/C12H19BrN2O3S/c1-2-5-14-8-10-6-11(12(13)18-10)19(16,17)15-7-9-3-4-9/h6,9,14-15H,2-5,7-8H2,1H3. The van der Waals surface area contributed by atoms with Crippen molar-refractivity contribution in [1.82, 2.24) is 10.0 Å². The third-order valence-corrected chi connectivity index (χ3v) is 5.26. The maximum Gasteiger partial charge on any atom is 0.244 e. The number of hydrogen-bond donors (Lipinski definition) is 2. The first-order chi connectivity index (χ1) is 9.03. The summed E-state index contributed by atoms with van der Waals surface area (Å²) in [7, 11) is -3.47. The summed E-state index contributed by atoms with van der Waals surface area (Å²) in [5, 5.41) is 3.17. The molecule has 0 aromatic carbocycles. The van der Waals surface area contributed by atoms with Gasteiger partial charge >= 0.3 is 0 Å². The van der Waals surface area contributed by atoms with Crippen LogP contribution < -0.4 is 10.0 Å². The molecule has 5 nitrogen and oxygen atoms in total. The van der Waals surface area contributed by atoms with Gasteiger partial charge in [-0.3, -0.25) is 0 Å². The van der Waals surface area contributed by atoms with E-state index >= 15 is 0 Å². The zero-order chi connectivity index (χ0) is 13.9. The van der Waals surface area contributed by atoms with Gasteiger partial charge in [0, 0.05) is 12.6 Å². The van der Waals surface area contributed by atoms with Gasteiger partial charge in [0.05, 0.1) is 6.54 Å². The summed E-state index contributed by atoms with van der Waals surface area (Å²) in [6.07, 6.45) is 3.25. The van der Waals surface area contributed by atoms with Crippen molar-refractivity contribution in [2.75, 3.05) is 13.1 Å². The van der Waals surface area contributed by atoms with E-state index in [-0.39, 0.29) is 9.56 Å². The zero-order valence-electron chi connectivity index (χ0n) is 10.9. The molecule has 0 saturated heterocycles. The van der Waals surface area contributed by atoms with Gasteiger partial charge in [0.2, 0.25) is 10.0 Å². The number of halogens is 1. The fourth-order valence-electron chi connectivity index (χ4n) is 1.68. The van der Waals surface area contributed by atoms with Crippen molar-refractivity contribution in [3.05, 3.63) is 16.5 Å². The molecule has 1 saturated carbocycles. The monoisotopic (exact) mass is 350 g/mol. The number of hydrogen-bond acceptors (Lipinski definition) is 4. The van der Waals surface area contributed by atoms with E-state index in [1.165, 1.54) is 0 Å². The Hall–Kier alpha value is -0.370. The van der Waals surface area contributed by atoms with Crippen LogP contribution in [0.5, 0.6) is 0 Å². The molecule has 2 N–H and O–H groups in total. The van der Waals surface area contributed by atoms with Crippen molar-refractivity contribution in [2.45, 2.75) is 37.6 Å². The molecule has 2 rings (SSSR count). The summed E-state index contributed by atoms with van der Waals surface area (Å²) in [6.45, 7) is 4.00. The molecule has 1 fully saturated rings. The average Bonchev–Trinajstić information content (AvgIpc) is 3.10. The van der Waals surface area contributed by atoms with Gasteiger partial charge in [-0.05, 0) is 47.7 Å². The van der Waals surface area contributed by atoms with Crippen LogP contribution in [0.3, 0.4) is 0 Å². The van der Waals surface area contributed by atoms with Crippen molar-refractivity contribution in [3.8, 4) is 0 Å². The molecule has 0 spiro atoms. The zero-order valence-corrected chi connectivity index (χ0v) is 13.3. The molecule has 1 aliphatic carbocycles. The molecule has 0 bridgehead atoms. The van der Waals surface area contributed by atoms with E-state index in [4.69, 9.17) is 4.42 Å². The van der Waals surface area contributed by atoms with Crippen LogP contribution in [0, 0.1) is 5.92 Å². The van der Waals surface area contributed by atoms with Gasteiger partial charge in [-0.15, -0.1) is 0 Å². The Morgan fingerprint density at radius 2 is 2.21 bits per heavy atom. The fraction of sp³-hybridized carbons (Fsp3) is 0.667. The second-order valence-corrected chi connectivity index (χ2v) is 7.28. The Labute approximate surface area is 122 Å². The minimum Gasteiger partial charge on any atom is -0.452 e. The van der Waals surface area contributed by atoms with Crippen molar-refractivity contribution in [3.63, 3.8) is 0 Å². The topological polar surface area (TPSA) is 71.3 Å². The molecule has 0 unspecified atom stereocenters. The normalized spacial score (nSPS) is 15.9. The lowest BCUT2D eigenvalue weighted by Crippen LogP contribution is -2.25. The smallest absolute Gasteiger partial charge is 0.244 e. The van der Waals surface area contributed by atoms with Crippen LogP contribution in [0.1, 0.15) is 31.9 Å². The predicted molar refractivity (Wildman–Crippen MR) is 76.3 cm³/mol. The van der Waals surface area contributed by atoms with Gasteiger partial charge in [0.15, 0.2) is 4.67 Å². The molecule has 0 atom stereocenters. The van der Waals surface area contributed by atoms with E-state index in [0.717, 1.165) is 25.8 Å². The van der Waals surface area contributed by atoms with Crippen molar-refractivity contribution in [1.29, 1.82) is 0 Å². The molecule has 108 valence electrons. The Balaban J connectivity index is 2.01. The van der Waals surface area contributed by atoms with Crippen LogP contribution in [-0.2, 0) is 16.6 Å². The highest BCUT2D eigenvalue weighted by Crippen LogP contribution is 2.30. The lowest BCUT2D eigenvalue weighted by atomic mass is 10.4. The highest BCUT2D eigenvalue weighted by Gasteiger charge is 2.27. The molecular formula is C12H19BrN2O3S. The van der Waals surface area contributed by atoms with Crippen LogP contribution in [0.15, 0.2) is 20.0 Å². The summed E-state index contributed by atoms with van der Waals surface area (Å²) in [5.74, 6) is 1.12. The van der Waals surface area contributed by atoms with Gasteiger partial charge in [-0.25, -0.2) is 13.1 Å². The van der Waals surface area contributed by atoms with Crippen LogP contribution in [0.4, 0.5) is 0 Å². The molecule has 1 aliphatic rings. The second-order valence-electron chi connectivity index (χ2n) is 4.82. The maximum atomic E-state index is 12.1. The van der Waals surface area contributed by atoms with Gasteiger partial charge < -0.3 is 9.73 Å². The van der Waals surface area contributed by atoms with Crippen LogP contribution in [0.2, 0.25) is 0 Å². The Morgan fingerprint density at radius 1 is 1.47 bits per heavy atom. The maximum absolute atomic E-state index is 12.1. The Bertz CT molecular complexity index is 523. The second kappa shape index (κ2) is 6.39. The number of sulfonamides is 1. The molecule has 1 heterocycles. The summed E-state index contributed by atoms with van der Waals surface area (Å²) < 4.78 is 32.5. The first-order valence-electron chi connectivity index (χ1n) is 6.51. The Kier molecular flexibility index (Phi) is 5.05. The lowest BCUT2D eigenvalue weighted by molar-refractivity contribution is 0.461. The third-order valence-electron chi connectivity index (χ3n) is 2.98.